The Hall–Kier alpha value is -3.76. The number of carbonyl (C=O) groups is 2. The van der Waals surface area contributed by atoms with Gasteiger partial charge in [0.2, 0.25) is 5.91 Å². The minimum absolute atomic E-state index is 0.00138. The van der Waals surface area contributed by atoms with Crippen molar-refractivity contribution in [1.82, 2.24) is 0 Å². The lowest BCUT2D eigenvalue weighted by atomic mass is 10.1. The van der Waals surface area contributed by atoms with Crippen LogP contribution in [0.1, 0.15) is 36.2 Å². The van der Waals surface area contributed by atoms with Gasteiger partial charge in [-0.1, -0.05) is 13.0 Å². The quantitative estimate of drug-likeness (QED) is 0.0969. The SMILES string of the molecule is CCC(Sc1cccc(NC(=S)Nc2ccc(C(C)=O)cc2)c1)C(=O)Nc1ccc([N+](=O)[O-])cc1C. The van der Waals surface area contributed by atoms with Crippen molar-refractivity contribution in [2.24, 2.45) is 0 Å². The van der Waals surface area contributed by atoms with Crippen LogP contribution in [0.2, 0.25) is 0 Å². The van der Waals surface area contributed by atoms with E-state index in [1.54, 1.807) is 37.3 Å². The summed E-state index contributed by atoms with van der Waals surface area (Å²) in [5, 5.41) is 20.1. The lowest BCUT2D eigenvalue weighted by Crippen LogP contribution is -2.25. The zero-order valence-corrected chi connectivity index (χ0v) is 21.7. The summed E-state index contributed by atoms with van der Waals surface area (Å²) in [5.74, 6) is -0.178. The molecule has 0 spiro atoms. The molecule has 1 atom stereocenters. The number of hydrogen-bond acceptors (Lipinski definition) is 6. The number of non-ortho nitro benzene ring substituents is 1. The molecule has 0 heterocycles. The number of aryl methyl sites for hydroxylation is 1. The van der Waals surface area contributed by atoms with Gasteiger partial charge < -0.3 is 16.0 Å². The molecule has 0 aliphatic rings. The number of amides is 1. The Bertz CT molecular complexity index is 1300. The van der Waals surface area contributed by atoms with Crippen molar-refractivity contribution in [3.8, 4) is 0 Å². The van der Waals surface area contributed by atoms with Crippen molar-refractivity contribution in [3.05, 3.63) is 88.0 Å². The average Bonchev–Trinajstić information content (AvgIpc) is 2.84. The summed E-state index contributed by atoms with van der Waals surface area (Å²) in [4.78, 5) is 35.7. The van der Waals surface area contributed by atoms with Crippen LogP contribution in [0, 0.1) is 17.0 Å². The van der Waals surface area contributed by atoms with Gasteiger partial charge in [-0.2, -0.15) is 0 Å². The lowest BCUT2D eigenvalue weighted by molar-refractivity contribution is -0.384. The predicted molar refractivity (Wildman–Crippen MR) is 149 cm³/mol. The number of nitrogens with one attached hydrogen (secondary N) is 3. The predicted octanol–water partition coefficient (Wildman–Crippen LogP) is 6.42. The van der Waals surface area contributed by atoms with Gasteiger partial charge in [0.15, 0.2) is 10.9 Å². The summed E-state index contributed by atoms with van der Waals surface area (Å²) in [7, 11) is 0. The number of benzene rings is 3. The third-order valence-corrected chi connectivity index (χ3v) is 6.82. The van der Waals surface area contributed by atoms with Crippen molar-refractivity contribution < 1.29 is 14.5 Å². The molecule has 3 aromatic carbocycles. The summed E-state index contributed by atoms with van der Waals surface area (Å²) < 4.78 is 0. The maximum absolute atomic E-state index is 12.9. The van der Waals surface area contributed by atoms with Gasteiger partial charge in [0.05, 0.1) is 10.2 Å². The van der Waals surface area contributed by atoms with Gasteiger partial charge >= 0.3 is 0 Å². The van der Waals surface area contributed by atoms with Crippen LogP contribution in [0.15, 0.2) is 71.6 Å². The van der Waals surface area contributed by atoms with E-state index in [2.05, 4.69) is 16.0 Å². The van der Waals surface area contributed by atoms with Gasteiger partial charge in [-0.15, -0.1) is 11.8 Å². The molecule has 1 unspecified atom stereocenters. The van der Waals surface area contributed by atoms with E-state index in [-0.39, 0.29) is 22.6 Å². The maximum atomic E-state index is 12.9. The fourth-order valence-electron chi connectivity index (χ4n) is 3.33. The fraction of sp³-hybridized carbons (Fsp3) is 0.192. The molecule has 0 fully saturated rings. The van der Waals surface area contributed by atoms with Gasteiger partial charge in [-0.05, 0) is 86.6 Å². The highest BCUT2D eigenvalue weighted by Gasteiger charge is 2.20. The van der Waals surface area contributed by atoms with Crippen molar-refractivity contribution in [1.29, 1.82) is 0 Å². The smallest absolute Gasteiger partial charge is 0.269 e. The third-order valence-electron chi connectivity index (χ3n) is 5.26. The van der Waals surface area contributed by atoms with Crippen molar-refractivity contribution in [2.45, 2.75) is 37.3 Å². The van der Waals surface area contributed by atoms with E-state index in [1.807, 2.05) is 31.2 Å². The molecule has 1 amide bonds. The van der Waals surface area contributed by atoms with Crippen LogP contribution in [0.3, 0.4) is 0 Å². The number of rotatable bonds is 9. The van der Waals surface area contributed by atoms with Crippen LogP contribution < -0.4 is 16.0 Å². The van der Waals surface area contributed by atoms with E-state index < -0.39 is 4.92 Å². The second-order valence-corrected chi connectivity index (χ2v) is 9.69. The zero-order chi connectivity index (χ0) is 26.2. The fourth-order valence-corrected chi connectivity index (χ4v) is 4.58. The van der Waals surface area contributed by atoms with E-state index in [1.165, 1.54) is 30.8 Å². The highest BCUT2D eigenvalue weighted by molar-refractivity contribution is 8.00. The van der Waals surface area contributed by atoms with E-state index in [4.69, 9.17) is 12.2 Å². The first-order valence-corrected chi connectivity index (χ1v) is 12.5. The Kier molecular flexibility index (Phi) is 9.15. The van der Waals surface area contributed by atoms with Crippen molar-refractivity contribution in [2.75, 3.05) is 16.0 Å². The molecule has 10 heteroatoms. The molecule has 0 aliphatic carbocycles. The standard InChI is InChI=1S/C26H26N4O4S2/c1-4-24(25(32)29-23-13-12-21(30(33)34)14-16(23)2)36-22-7-5-6-20(15-22)28-26(35)27-19-10-8-18(9-11-19)17(3)31/h5-15,24H,4H2,1-3H3,(H,29,32)(H2,27,28,35). The van der Waals surface area contributed by atoms with E-state index in [0.717, 1.165) is 16.3 Å². The first-order chi connectivity index (χ1) is 17.2. The first kappa shape index (κ1) is 26.8. The molecule has 0 saturated heterocycles. The van der Waals surface area contributed by atoms with Crippen LogP contribution >= 0.6 is 24.0 Å². The van der Waals surface area contributed by atoms with Gasteiger partial charge in [-0.25, -0.2) is 0 Å². The number of nitro benzene ring substituents is 1. The van der Waals surface area contributed by atoms with Gasteiger partial charge in [0.1, 0.15) is 0 Å². The molecule has 0 aromatic heterocycles. The van der Waals surface area contributed by atoms with Crippen LogP contribution in [0.25, 0.3) is 0 Å². The molecule has 0 aliphatic heterocycles. The Morgan fingerprint density at radius 3 is 2.31 bits per heavy atom. The third kappa shape index (κ3) is 7.37. The van der Waals surface area contributed by atoms with Gasteiger partial charge in [-0.3, -0.25) is 19.7 Å². The summed E-state index contributed by atoms with van der Waals surface area (Å²) in [6, 6.07) is 19.0. The van der Waals surface area contributed by atoms with Crippen molar-refractivity contribution in [3.63, 3.8) is 0 Å². The molecular formula is C26H26N4O4S2. The van der Waals surface area contributed by atoms with Crippen molar-refractivity contribution >= 4 is 63.5 Å². The minimum atomic E-state index is -0.463. The number of nitro groups is 1. The normalized spacial score (nSPS) is 11.3. The molecule has 3 aromatic rings. The molecular weight excluding hydrogens is 496 g/mol. The summed E-state index contributed by atoms with van der Waals surface area (Å²) in [5.41, 5.74) is 3.30. The Morgan fingerprint density at radius 2 is 1.69 bits per heavy atom. The van der Waals surface area contributed by atoms with E-state index >= 15 is 0 Å². The molecule has 0 bridgehead atoms. The zero-order valence-electron chi connectivity index (χ0n) is 20.0. The molecule has 3 N–H and O–H groups in total. The average molecular weight is 523 g/mol. The number of thiocarbonyl (C=S) groups is 1. The summed E-state index contributed by atoms with van der Waals surface area (Å²) in [6.07, 6.45) is 0.594. The molecule has 0 radical (unpaired) electrons. The number of anilines is 3. The lowest BCUT2D eigenvalue weighted by Gasteiger charge is -2.17. The summed E-state index contributed by atoms with van der Waals surface area (Å²) >= 11 is 6.83. The minimum Gasteiger partial charge on any atom is -0.332 e. The van der Waals surface area contributed by atoms with E-state index in [9.17, 15) is 19.7 Å². The first-order valence-electron chi connectivity index (χ1n) is 11.2. The van der Waals surface area contributed by atoms with Crippen LogP contribution in [0.5, 0.6) is 0 Å². The summed E-state index contributed by atoms with van der Waals surface area (Å²) in [6.45, 7) is 5.17. The van der Waals surface area contributed by atoms with Crippen LogP contribution in [0.4, 0.5) is 22.7 Å². The number of Topliss-reactive ketones (excluding diaryl/α,β-unsaturated/α-hetero) is 1. The second kappa shape index (κ2) is 12.3. The van der Waals surface area contributed by atoms with E-state index in [0.29, 0.717) is 28.3 Å². The monoisotopic (exact) mass is 522 g/mol. The number of ketones is 1. The largest absolute Gasteiger partial charge is 0.332 e. The molecule has 0 saturated carbocycles. The Labute approximate surface area is 219 Å². The molecule has 8 nitrogen and oxygen atoms in total. The second-order valence-electron chi connectivity index (χ2n) is 8.00. The number of carbonyl (C=O) groups excluding carboxylic acids is 2. The highest BCUT2D eigenvalue weighted by atomic mass is 32.2. The molecule has 3 rings (SSSR count). The highest BCUT2D eigenvalue weighted by Crippen LogP contribution is 2.29. The Balaban J connectivity index is 1.62. The molecule has 186 valence electrons. The van der Waals surface area contributed by atoms with Crippen LogP contribution in [-0.2, 0) is 4.79 Å². The Morgan fingerprint density at radius 1 is 1.00 bits per heavy atom. The number of nitrogens with zero attached hydrogens (tertiary/aromatic N) is 1. The molecule has 36 heavy (non-hydrogen) atoms. The van der Waals surface area contributed by atoms with Gasteiger partial charge in [0, 0.05) is 39.7 Å². The topological polar surface area (TPSA) is 113 Å². The van der Waals surface area contributed by atoms with Crippen LogP contribution in [-0.4, -0.2) is 27.0 Å². The van der Waals surface area contributed by atoms with Gasteiger partial charge in [0.25, 0.3) is 5.69 Å². The number of hydrogen-bond donors (Lipinski definition) is 3. The maximum Gasteiger partial charge on any atom is 0.269 e. The number of thioether (sulfide) groups is 1.